The second-order valence-electron chi connectivity index (χ2n) is 4.76. The zero-order chi connectivity index (χ0) is 14.8. The Morgan fingerprint density at radius 2 is 1.90 bits per heavy atom. The molecule has 0 unspecified atom stereocenters. The molecule has 0 spiro atoms. The van der Waals surface area contributed by atoms with Crippen molar-refractivity contribution in [3.63, 3.8) is 0 Å². The second-order valence-corrected chi connectivity index (χ2v) is 6.67. The number of sulfonamides is 1. The Balaban J connectivity index is 2.27. The molecule has 1 aliphatic heterocycles. The molecule has 0 amide bonds. The van der Waals surface area contributed by atoms with Crippen LogP contribution in [0, 0.1) is 5.82 Å². The fraction of sp³-hybridized carbons (Fsp3) is 0.538. The highest BCUT2D eigenvalue weighted by Crippen LogP contribution is 2.22. The van der Waals surface area contributed by atoms with Crippen LogP contribution < -0.4 is 0 Å². The molecule has 1 fully saturated rings. The third-order valence-corrected chi connectivity index (χ3v) is 5.49. The quantitative estimate of drug-likeness (QED) is 0.887. The lowest BCUT2D eigenvalue weighted by molar-refractivity contribution is 0.196. The Morgan fingerprint density at radius 1 is 1.25 bits per heavy atom. The van der Waals surface area contributed by atoms with Gasteiger partial charge in [0.1, 0.15) is 10.7 Å². The second kappa shape index (κ2) is 6.17. The first-order chi connectivity index (χ1) is 9.48. The van der Waals surface area contributed by atoms with Crippen LogP contribution in [0.3, 0.4) is 0 Å². The molecule has 1 heterocycles. The van der Waals surface area contributed by atoms with Crippen LogP contribution in [0.15, 0.2) is 23.1 Å². The van der Waals surface area contributed by atoms with Gasteiger partial charge in [-0.1, -0.05) is 13.0 Å². The van der Waals surface area contributed by atoms with E-state index in [0.717, 1.165) is 12.6 Å². The normalized spacial score (nSPS) is 18.4. The minimum Gasteiger partial charge on any atom is -0.392 e. The van der Waals surface area contributed by atoms with Crippen LogP contribution in [0.25, 0.3) is 0 Å². The first-order valence-corrected chi connectivity index (χ1v) is 8.05. The monoisotopic (exact) mass is 302 g/mol. The highest BCUT2D eigenvalue weighted by Gasteiger charge is 2.30. The Hall–Kier alpha value is -1.02. The minimum absolute atomic E-state index is 0.313. The summed E-state index contributed by atoms with van der Waals surface area (Å²) in [6, 6.07) is 3.67. The van der Waals surface area contributed by atoms with Crippen molar-refractivity contribution in [3.05, 3.63) is 29.6 Å². The number of aliphatic hydroxyl groups is 1. The summed E-state index contributed by atoms with van der Waals surface area (Å²) in [5.41, 5.74) is 0.386. The average Bonchev–Trinajstić information content (AvgIpc) is 2.47. The number of hydrogen-bond acceptors (Lipinski definition) is 4. The summed E-state index contributed by atoms with van der Waals surface area (Å²) >= 11 is 0. The van der Waals surface area contributed by atoms with E-state index < -0.39 is 15.8 Å². The topological polar surface area (TPSA) is 60.9 Å². The Kier molecular flexibility index (Phi) is 4.74. The Bertz CT molecular complexity index is 569. The van der Waals surface area contributed by atoms with Gasteiger partial charge in [-0.25, -0.2) is 12.8 Å². The maximum Gasteiger partial charge on any atom is 0.246 e. The number of likely N-dealkylation sites (N-methyl/N-ethyl adjacent to an activating group) is 1. The highest BCUT2D eigenvalue weighted by atomic mass is 32.2. The molecule has 0 saturated carbocycles. The zero-order valence-corrected chi connectivity index (χ0v) is 12.2. The van der Waals surface area contributed by atoms with Crippen molar-refractivity contribution < 1.29 is 17.9 Å². The third kappa shape index (κ3) is 3.01. The van der Waals surface area contributed by atoms with E-state index in [1.54, 1.807) is 0 Å². The summed E-state index contributed by atoms with van der Waals surface area (Å²) in [7, 11) is -3.84. The summed E-state index contributed by atoms with van der Waals surface area (Å²) in [5, 5.41) is 9.06. The molecule has 0 bridgehead atoms. The molecule has 0 aliphatic carbocycles. The largest absolute Gasteiger partial charge is 0.392 e. The molecule has 0 aromatic heterocycles. The van der Waals surface area contributed by atoms with Crippen molar-refractivity contribution in [2.45, 2.75) is 18.4 Å². The van der Waals surface area contributed by atoms with Crippen molar-refractivity contribution in [2.24, 2.45) is 0 Å². The zero-order valence-electron chi connectivity index (χ0n) is 11.4. The average molecular weight is 302 g/mol. The van der Waals surface area contributed by atoms with Gasteiger partial charge in [0.05, 0.1) is 6.61 Å². The van der Waals surface area contributed by atoms with E-state index in [4.69, 9.17) is 5.11 Å². The Morgan fingerprint density at radius 3 is 2.45 bits per heavy atom. The van der Waals surface area contributed by atoms with Crippen LogP contribution in [0.5, 0.6) is 0 Å². The summed E-state index contributed by atoms with van der Waals surface area (Å²) < 4.78 is 40.0. The first kappa shape index (κ1) is 15.4. The van der Waals surface area contributed by atoms with E-state index in [-0.39, 0.29) is 11.5 Å². The number of rotatable bonds is 4. The minimum atomic E-state index is -3.84. The lowest BCUT2D eigenvalue weighted by Crippen LogP contribution is -2.48. The van der Waals surface area contributed by atoms with Gasteiger partial charge >= 0.3 is 0 Å². The molecule has 0 atom stereocenters. The van der Waals surface area contributed by atoms with Crippen molar-refractivity contribution in [1.82, 2.24) is 9.21 Å². The SMILES string of the molecule is CCN1CCN(S(=O)(=O)c2cc(CO)ccc2F)CC1. The molecule has 1 saturated heterocycles. The van der Waals surface area contributed by atoms with Crippen LogP contribution in [0.2, 0.25) is 0 Å². The van der Waals surface area contributed by atoms with Crippen molar-refractivity contribution in [1.29, 1.82) is 0 Å². The van der Waals surface area contributed by atoms with Crippen LogP contribution in [0.4, 0.5) is 4.39 Å². The fourth-order valence-electron chi connectivity index (χ4n) is 2.27. The molecule has 1 aliphatic rings. The molecule has 1 aromatic carbocycles. The number of halogens is 1. The van der Waals surface area contributed by atoms with Gasteiger partial charge in [-0.2, -0.15) is 4.31 Å². The van der Waals surface area contributed by atoms with Crippen molar-refractivity contribution >= 4 is 10.0 Å². The number of nitrogens with zero attached hydrogens (tertiary/aromatic N) is 2. The van der Waals surface area contributed by atoms with Crippen molar-refractivity contribution in [3.8, 4) is 0 Å². The van der Waals surface area contributed by atoms with Gasteiger partial charge in [0.15, 0.2) is 0 Å². The van der Waals surface area contributed by atoms with Crippen molar-refractivity contribution in [2.75, 3.05) is 32.7 Å². The molecule has 1 aromatic rings. The predicted molar refractivity (Wildman–Crippen MR) is 73.2 cm³/mol. The Labute approximate surface area is 118 Å². The fourth-order valence-corrected chi connectivity index (χ4v) is 3.81. The van der Waals surface area contributed by atoms with Gasteiger partial charge in [0.2, 0.25) is 10.0 Å². The van der Waals surface area contributed by atoms with Crippen LogP contribution in [-0.2, 0) is 16.6 Å². The molecule has 5 nitrogen and oxygen atoms in total. The number of hydrogen-bond donors (Lipinski definition) is 1. The summed E-state index contributed by atoms with van der Waals surface area (Å²) in [5.74, 6) is -0.778. The van der Waals surface area contributed by atoms with E-state index in [2.05, 4.69) is 4.90 Å². The third-order valence-electron chi connectivity index (χ3n) is 3.57. The van der Waals surface area contributed by atoms with Gasteiger partial charge in [0, 0.05) is 26.2 Å². The molecule has 2 rings (SSSR count). The number of benzene rings is 1. The lowest BCUT2D eigenvalue weighted by Gasteiger charge is -2.33. The molecular weight excluding hydrogens is 283 g/mol. The van der Waals surface area contributed by atoms with Crippen LogP contribution in [-0.4, -0.2) is 55.5 Å². The summed E-state index contributed by atoms with van der Waals surface area (Å²) in [6.07, 6.45) is 0. The molecule has 112 valence electrons. The predicted octanol–water partition coefficient (Wildman–Crippen LogP) is 0.644. The molecular formula is C13H19FN2O3S. The molecule has 20 heavy (non-hydrogen) atoms. The van der Waals surface area contributed by atoms with Crippen LogP contribution in [0.1, 0.15) is 12.5 Å². The standard InChI is InChI=1S/C13H19FN2O3S/c1-2-15-5-7-16(8-6-15)20(18,19)13-9-11(10-17)3-4-12(13)14/h3-4,9,17H,2,5-8,10H2,1H3. The maximum atomic E-state index is 13.8. The van der Waals surface area contributed by atoms with Gasteiger partial charge < -0.3 is 10.0 Å². The van der Waals surface area contributed by atoms with Gasteiger partial charge in [-0.3, -0.25) is 0 Å². The first-order valence-electron chi connectivity index (χ1n) is 6.61. The van der Waals surface area contributed by atoms with E-state index >= 15 is 0 Å². The number of piperazine rings is 1. The van der Waals surface area contributed by atoms with E-state index in [9.17, 15) is 12.8 Å². The molecule has 7 heteroatoms. The highest BCUT2D eigenvalue weighted by molar-refractivity contribution is 7.89. The smallest absolute Gasteiger partial charge is 0.246 e. The van der Waals surface area contributed by atoms with E-state index in [1.165, 1.54) is 16.4 Å². The van der Waals surface area contributed by atoms with Gasteiger partial charge in [0.25, 0.3) is 0 Å². The number of aliphatic hydroxyl groups excluding tert-OH is 1. The van der Waals surface area contributed by atoms with Gasteiger partial charge in [-0.05, 0) is 24.2 Å². The molecule has 1 N–H and O–H groups in total. The van der Waals surface area contributed by atoms with E-state index in [1.807, 2.05) is 6.92 Å². The summed E-state index contributed by atoms with van der Waals surface area (Å²) in [6.45, 7) is 4.61. The van der Waals surface area contributed by atoms with E-state index in [0.29, 0.717) is 31.7 Å². The lowest BCUT2D eigenvalue weighted by atomic mass is 10.2. The maximum absolute atomic E-state index is 13.8. The molecule has 0 radical (unpaired) electrons. The summed E-state index contributed by atoms with van der Waals surface area (Å²) in [4.78, 5) is 1.79. The van der Waals surface area contributed by atoms with Crippen LogP contribution >= 0.6 is 0 Å². The van der Waals surface area contributed by atoms with Gasteiger partial charge in [-0.15, -0.1) is 0 Å².